The molecule has 0 saturated carbocycles. The second-order valence-corrected chi connectivity index (χ2v) is 8.80. The Morgan fingerprint density at radius 1 is 1.29 bits per heavy atom. The van der Waals surface area contributed by atoms with Crippen LogP contribution in [0.5, 0.6) is 5.75 Å². The fraction of sp³-hybridized carbons (Fsp3) is 0.542. The number of hydrogen-bond donors (Lipinski definition) is 1. The third kappa shape index (κ3) is 5.91. The highest BCUT2D eigenvalue weighted by molar-refractivity contribution is 5.85. The van der Waals surface area contributed by atoms with Crippen LogP contribution < -0.4 is 4.74 Å². The number of nitrogens with zero attached hydrogens (tertiary/aromatic N) is 2. The first kappa shape index (κ1) is 27.7. The first-order valence-corrected chi connectivity index (χ1v) is 10.6. The van der Waals surface area contributed by atoms with Crippen molar-refractivity contribution in [1.29, 1.82) is 0 Å². The maximum atomic E-state index is 11.3. The van der Waals surface area contributed by atoms with Crippen LogP contribution in [0.15, 0.2) is 43.1 Å². The number of ether oxygens (including phenoxy) is 1. The fourth-order valence-electron chi connectivity index (χ4n) is 4.82. The van der Waals surface area contributed by atoms with E-state index in [1.807, 2.05) is 30.5 Å². The van der Waals surface area contributed by atoms with Gasteiger partial charge in [0.2, 0.25) is 0 Å². The number of rotatable bonds is 7. The highest BCUT2D eigenvalue weighted by Gasteiger charge is 2.42. The molecule has 3 fully saturated rings. The summed E-state index contributed by atoms with van der Waals surface area (Å²) in [5.41, 5.74) is 1.87. The number of halogens is 2. The summed E-state index contributed by atoms with van der Waals surface area (Å²) in [4.78, 5) is 6.95. The average Bonchev–Trinajstić information content (AvgIpc) is 2.72. The van der Waals surface area contributed by atoms with Crippen molar-refractivity contribution in [3.63, 3.8) is 0 Å². The summed E-state index contributed by atoms with van der Waals surface area (Å²) < 4.78 is 5.95. The fourth-order valence-corrected chi connectivity index (χ4v) is 4.82. The molecule has 3 saturated heterocycles. The molecule has 0 aliphatic carbocycles. The van der Waals surface area contributed by atoms with Crippen molar-refractivity contribution in [2.24, 2.45) is 17.8 Å². The van der Waals surface area contributed by atoms with Crippen LogP contribution in [0.3, 0.4) is 0 Å². The van der Waals surface area contributed by atoms with E-state index in [0.717, 1.165) is 48.1 Å². The number of benzene rings is 1. The average molecular weight is 471 g/mol. The summed E-state index contributed by atoms with van der Waals surface area (Å²) >= 11 is 0. The minimum atomic E-state index is -0.509. The number of piperidine rings is 3. The van der Waals surface area contributed by atoms with Crippen LogP contribution in [0.25, 0.3) is 10.9 Å². The highest BCUT2D eigenvalue weighted by Crippen LogP contribution is 2.42. The number of aromatic nitrogens is 1. The van der Waals surface area contributed by atoms with E-state index in [-0.39, 0.29) is 36.3 Å². The van der Waals surface area contributed by atoms with Crippen molar-refractivity contribution in [2.45, 2.75) is 45.3 Å². The van der Waals surface area contributed by atoms with Crippen molar-refractivity contribution in [1.82, 2.24) is 9.88 Å². The van der Waals surface area contributed by atoms with Gasteiger partial charge in [0, 0.05) is 24.2 Å². The zero-order chi connectivity index (χ0) is 19.7. The van der Waals surface area contributed by atoms with Gasteiger partial charge >= 0.3 is 0 Å². The molecule has 0 radical (unpaired) electrons. The van der Waals surface area contributed by atoms with Crippen molar-refractivity contribution < 1.29 is 15.3 Å². The molecule has 5 rings (SSSR count). The van der Waals surface area contributed by atoms with E-state index in [4.69, 9.17) is 4.74 Å². The number of pyridine rings is 1. The lowest BCUT2D eigenvalue weighted by Crippen LogP contribution is -2.54. The number of fused-ring (bicyclic) bond motifs is 4. The minimum absolute atomic E-state index is 0. The molecule has 5 nitrogen and oxygen atoms in total. The Kier molecular flexibility index (Phi) is 10.7. The van der Waals surface area contributed by atoms with Crippen LogP contribution in [-0.2, 0) is 0 Å². The molecule has 174 valence electrons. The molecule has 5 atom stereocenters. The second-order valence-electron chi connectivity index (χ2n) is 8.80. The Morgan fingerprint density at radius 3 is 2.71 bits per heavy atom. The lowest BCUT2D eigenvalue weighted by molar-refractivity contribution is -0.0444. The molecule has 7 heteroatoms. The van der Waals surface area contributed by atoms with Gasteiger partial charge in [-0.05, 0) is 73.4 Å². The Bertz CT molecular complexity index is 849. The van der Waals surface area contributed by atoms with Crippen molar-refractivity contribution in [2.75, 3.05) is 19.7 Å². The Balaban J connectivity index is 0.00000160. The largest absolute Gasteiger partial charge is 0.494 e. The van der Waals surface area contributed by atoms with E-state index in [1.54, 1.807) is 0 Å². The molecule has 4 heterocycles. The van der Waals surface area contributed by atoms with Gasteiger partial charge in [0.1, 0.15) is 5.75 Å². The van der Waals surface area contributed by atoms with Crippen LogP contribution in [-0.4, -0.2) is 46.2 Å². The van der Waals surface area contributed by atoms with Gasteiger partial charge in [-0.15, -0.1) is 31.4 Å². The smallest absolute Gasteiger partial charge is 0.120 e. The molecule has 3 aliphatic rings. The van der Waals surface area contributed by atoms with Crippen LogP contribution in [0.1, 0.15) is 44.8 Å². The third-order valence-electron chi connectivity index (χ3n) is 6.55. The summed E-state index contributed by atoms with van der Waals surface area (Å²) in [6.45, 7) is 11.2. The molecule has 1 aromatic heterocycles. The van der Waals surface area contributed by atoms with Gasteiger partial charge in [-0.25, -0.2) is 0 Å². The van der Waals surface area contributed by atoms with Crippen LogP contribution in [0.4, 0.5) is 0 Å². The standard InChI is InChI=1S/C24H32N2O2.2ClH.H2O/c1-4-17-15-26-11-8-18(17)13-23(26)24(27)20-7-10-25-22-6-5-19(14-21(20)22)28-12-9-16(2)3;;;/h4-7,10,14,16-18,23-24,27H,1,8-9,11-13,15H2,2-3H3;2*1H;1H2/t17?,18?,23?,24-;;;/m1.../s1. The summed E-state index contributed by atoms with van der Waals surface area (Å²) in [6.07, 6.45) is 6.68. The van der Waals surface area contributed by atoms with Gasteiger partial charge in [0.05, 0.1) is 18.2 Å². The maximum absolute atomic E-state index is 11.3. The molecule has 4 unspecified atom stereocenters. The van der Waals surface area contributed by atoms with Crippen molar-refractivity contribution >= 4 is 35.7 Å². The summed E-state index contributed by atoms with van der Waals surface area (Å²) in [5.74, 6) is 2.68. The van der Waals surface area contributed by atoms with Crippen LogP contribution >= 0.6 is 24.8 Å². The first-order valence-electron chi connectivity index (χ1n) is 10.6. The van der Waals surface area contributed by atoms with Crippen LogP contribution in [0, 0.1) is 17.8 Å². The van der Waals surface area contributed by atoms with Gasteiger partial charge in [-0.3, -0.25) is 9.88 Å². The van der Waals surface area contributed by atoms with Gasteiger partial charge in [-0.1, -0.05) is 19.9 Å². The Morgan fingerprint density at radius 2 is 2.06 bits per heavy atom. The van der Waals surface area contributed by atoms with Gasteiger partial charge in [0.15, 0.2) is 0 Å². The van der Waals surface area contributed by atoms with E-state index >= 15 is 0 Å². The number of aliphatic hydroxyl groups excluding tert-OH is 1. The minimum Gasteiger partial charge on any atom is -0.494 e. The number of aliphatic hydroxyl groups is 1. The molecular weight excluding hydrogens is 435 g/mol. The summed E-state index contributed by atoms with van der Waals surface area (Å²) in [7, 11) is 0. The summed E-state index contributed by atoms with van der Waals surface area (Å²) in [6, 6.07) is 8.17. The second kappa shape index (κ2) is 12.0. The SMILES string of the molecule is C=CC1CN2CCC1CC2[C@H](O)c1ccnc2ccc(OCCC(C)C)cc12.Cl.Cl.O. The topological polar surface area (TPSA) is 77.1 Å². The molecule has 2 aromatic rings. The molecule has 0 amide bonds. The van der Waals surface area contributed by atoms with Gasteiger partial charge < -0.3 is 15.3 Å². The van der Waals surface area contributed by atoms with Gasteiger partial charge in [0.25, 0.3) is 0 Å². The van der Waals surface area contributed by atoms with E-state index < -0.39 is 6.10 Å². The van der Waals surface area contributed by atoms with E-state index in [1.165, 1.54) is 6.42 Å². The first-order chi connectivity index (χ1) is 13.6. The zero-order valence-corrected chi connectivity index (χ0v) is 20.0. The molecule has 1 aromatic carbocycles. The van der Waals surface area contributed by atoms with Gasteiger partial charge in [-0.2, -0.15) is 0 Å². The van der Waals surface area contributed by atoms with Crippen molar-refractivity contribution in [3.05, 3.63) is 48.7 Å². The molecule has 3 N–H and O–H groups in total. The summed E-state index contributed by atoms with van der Waals surface area (Å²) in [5, 5.41) is 12.3. The molecule has 3 aliphatic heterocycles. The zero-order valence-electron chi connectivity index (χ0n) is 18.4. The Hall–Kier alpha value is -1.37. The molecule has 2 bridgehead atoms. The normalized spacial score (nSPS) is 25.2. The quantitative estimate of drug-likeness (QED) is 0.599. The number of hydrogen-bond acceptors (Lipinski definition) is 4. The lowest BCUT2D eigenvalue weighted by atomic mass is 9.73. The lowest BCUT2D eigenvalue weighted by Gasteiger charge is -2.50. The van der Waals surface area contributed by atoms with E-state index in [9.17, 15) is 5.11 Å². The highest BCUT2D eigenvalue weighted by atomic mass is 35.5. The monoisotopic (exact) mass is 470 g/mol. The Labute approximate surface area is 198 Å². The predicted octanol–water partition coefficient (Wildman–Crippen LogP) is 4.61. The maximum Gasteiger partial charge on any atom is 0.120 e. The van der Waals surface area contributed by atoms with Crippen LogP contribution in [0.2, 0.25) is 0 Å². The van der Waals surface area contributed by atoms with E-state index in [2.05, 4.69) is 36.4 Å². The molecule has 0 spiro atoms. The van der Waals surface area contributed by atoms with Crippen molar-refractivity contribution in [3.8, 4) is 5.75 Å². The molecular formula is C24H36Cl2N2O3. The predicted molar refractivity (Wildman–Crippen MR) is 132 cm³/mol. The molecule has 31 heavy (non-hydrogen) atoms. The third-order valence-corrected chi connectivity index (χ3v) is 6.55. The van der Waals surface area contributed by atoms with E-state index in [0.29, 0.717) is 24.4 Å².